The molecule has 1 aromatic rings. The van der Waals surface area contributed by atoms with Crippen LogP contribution in [0.15, 0.2) is 12.1 Å². The van der Waals surface area contributed by atoms with E-state index in [9.17, 15) is 4.39 Å². The van der Waals surface area contributed by atoms with Gasteiger partial charge < -0.3 is 10.2 Å². The number of anilines is 1. The van der Waals surface area contributed by atoms with Crippen molar-refractivity contribution < 1.29 is 4.39 Å². The minimum atomic E-state index is -0.542. The minimum absolute atomic E-state index is 0.0771. The van der Waals surface area contributed by atoms with Gasteiger partial charge in [0.15, 0.2) is 5.82 Å². The summed E-state index contributed by atoms with van der Waals surface area (Å²) in [6.45, 7) is 2.39. The van der Waals surface area contributed by atoms with Crippen molar-refractivity contribution in [1.82, 2.24) is 4.90 Å². The van der Waals surface area contributed by atoms with Gasteiger partial charge in [0.1, 0.15) is 0 Å². The highest BCUT2D eigenvalue weighted by molar-refractivity contribution is 6.35. The molecule has 2 aliphatic heterocycles. The molecular formula is C14H17Cl2FN2. The van der Waals surface area contributed by atoms with Crippen LogP contribution >= 0.6 is 23.2 Å². The zero-order valence-electron chi connectivity index (χ0n) is 10.6. The number of hydrogen-bond acceptors (Lipinski definition) is 2. The van der Waals surface area contributed by atoms with Gasteiger partial charge >= 0.3 is 0 Å². The van der Waals surface area contributed by atoms with Gasteiger partial charge in [-0.3, -0.25) is 0 Å². The molecule has 2 unspecified atom stereocenters. The molecule has 19 heavy (non-hydrogen) atoms. The third-order valence-electron chi connectivity index (χ3n) is 4.18. The smallest absolute Gasteiger partial charge is 0.160 e. The Bertz CT molecular complexity index is 458. The molecule has 0 aliphatic carbocycles. The topological polar surface area (TPSA) is 15.3 Å². The lowest BCUT2D eigenvalue weighted by Gasteiger charge is -2.35. The summed E-state index contributed by atoms with van der Waals surface area (Å²) in [6, 6.07) is 4.36. The number of halogens is 3. The second-order valence-electron chi connectivity index (χ2n) is 5.45. The van der Waals surface area contributed by atoms with Gasteiger partial charge in [0, 0.05) is 24.3 Å². The summed E-state index contributed by atoms with van der Waals surface area (Å²) in [5.41, 5.74) is 0.813. The highest BCUT2D eigenvalue weighted by atomic mass is 35.5. The molecule has 3 rings (SSSR count). The average Bonchev–Trinajstić information content (AvgIpc) is 2.83. The Morgan fingerprint density at radius 1 is 1.16 bits per heavy atom. The van der Waals surface area contributed by atoms with Crippen LogP contribution in [0.2, 0.25) is 10.0 Å². The molecule has 2 nitrogen and oxygen atoms in total. The van der Waals surface area contributed by atoms with Crippen molar-refractivity contribution in [2.24, 2.45) is 0 Å². The van der Waals surface area contributed by atoms with Crippen LogP contribution in [0.3, 0.4) is 0 Å². The van der Waals surface area contributed by atoms with E-state index in [1.807, 2.05) is 0 Å². The van der Waals surface area contributed by atoms with Gasteiger partial charge in [-0.25, -0.2) is 4.39 Å². The van der Waals surface area contributed by atoms with Crippen LogP contribution in [0, 0.1) is 5.82 Å². The molecule has 0 spiro atoms. The highest BCUT2D eigenvalue weighted by Gasteiger charge is 2.31. The summed E-state index contributed by atoms with van der Waals surface area (Å²) in [6.07, 6.45) is 4.87. The summed E-state index contributed by atoms with van der Waals surface area (Å²) in [4.78, 5) is 2.57. The number of rotatable bonds is 2. The molecule has 1 N–H and O–H groups in total. The van der Waals surface area contributed by atoms with Crippen molar-refractivity contribution in [1.29, 1.82) is 0 Å². The minimum Gasteiger partial charge on any atom is -0.382 e. The molecule has 1 aromatic carbocycles. The van der Waals surface area contributed by atoms with Crippen LogP contribution in [-0.4, -0.2) is 30.1 Å². The van der Waals surface area contributed by atoms with E-state index in [0.29, 0.717) is 12.1 Å². The predicted molar refractivity (Wildman–Crippen MR) is 77.7 cm³/mol. The van der Waals surface area contributed by atoms with Crippen molar-refractivity contribution >= 4 is 28.9 Å². The Morgan fingerprint density at radius 3 is 2.63 bits per heavy atom. The number of nitrogens with zero attached hydrogens (tertiary/aromatic N) is 1. The molecule has 2 aliphatic rings. The fraction of sp³-hybridized carbons (Fsp3) is 0.571. The van der Waals surface area contributed by atoms with E-state index in [1.165, 1.54) is 19.4 Å². The van der Waals surface area contributed by atoms with Gasteiger partial charge in [0.25, 0.3) is 0 Å². The van der Waals surface area contributed by atoms with Crippen LogP contribution in [0.1, 0.15) is 25.7 Å². The van der Waals surface area contributed by atoms with E-state index in [1.54, 1.807) is 12.1 Å². The monoisotopic (exact) mass is 302 g/mol. The molecule has 0 amide bonds. The van der Waals surface area contributed by atoms with Crippen molar-refractivity contribution in [2.45, 2.75) is 37.8 Å². The van der Waals surface area contributed by atoms with Crippen molar-refractivity contribution in [3.63, 3.8) is 0 Å². The predicted octanol–water partition coefficient (Wildman–Crippen LogP) is 4.17. The number of fused-ring (bicyclic) bond motifs is 1. The van der Waals surface area contributed by atoms with E-state index in [2.05, 4.69) is 10.2 Å². The SMILES string of the molecule is Fc1c(Cl)cc(NC2CCN3CCCC3C2)cc1Cl. The van der Waals surface area contributed by atoms with Gasteiger partial charge in [-0.05, 0) is 44.4 Å². The number of hydrogen-bond donors (Lipinski definition) is 1. The zero-order chi connectivity index (χ0) is 13.4. The van der Waals surface area contributed by atoms with Gasteiger partial charge in [0.05, 0.1) is 10.0 Å². The summed E-state index contributed by atoms with van der Waals surface area (Å²) < 4.78 is 13.4. The summed E-state index contributed by atoms with van der Waals surface area (Å²) >= 11 is 11.6. The van der Waals surface area contributed by atoms with Gasteiger partial charge in [-0.2, -0.15) is 0 Å². The van der Waals surface area contributed by atoms with Crippen molar-refractivity contribution in [2.75, 3.05) is 18.4 Å². The lowest BCUT2D eigenvalue weighted by Crippen LogP contribution is -2.42. The molecule has 2 saturated heterocycles. The first-order valence-corrected chi connectivity index (χ1v) is 7.54. The third kappa shape index (κ3) is 2.83. The summed E-state index contributed by atoms with van der Waals surface area (Å²) in [5, 5.41) is 3.59. The Morgan fingerprint density at radius 2 is 1.89 bits per heavy atom. The van der Waals surface area contributed by atoms with Gasteiger partial charge in [0.2, 0.25) is 0 Å². The van der Waals surface area contributed by atoms with Crippen LogP contribution in [0.5, 0.6) is 0 Å². The molecule has 0 saturated carbocycles. The maximum Gasteiger partial charge on any atom is 0.160 e. The van der Waals surface area contributed by atoms with E-state index >= 15 is 0 Å². The molecule has 104 valence electrons. The van der Waals surface area contributed by atoms with Crippen LogP contribution in [0.4, 0.5) is 10.1 Å². The van der Waals surface area contributed by atoms with Gasteiger partial charge in [-0.1, -0.05) is 23.2 Å². The lowest BCUT2D eigenvalue weighted by molar-refractivity contribution is 0.188. The number of nitrogens with one attached hydrogen (secondary N) is 1. The van der Waals surface area contributed by atoms with Crippen LogP contribution in [0.25, 0.3) is 0 Å². The second kappa shape index (κ2) is 5.47. The quantitative estimate of drug-likeness (QED) is 0.825. The molecule has 2 heterocycles. The maximum absolute atomic E-state index is 13.4. The van der Waals surface area contributed by atoms with E-state index in [4.69, 9.17) is 23.2 Å². The molecule has 2 atom stereocenters. The largest absolute Gasteiger partial charge is 0.382 e. The Labute approximate surface area is 122 Å². The maximum atomic E-state index is 13.4. The Balaban J connectivity index is 1.68. The Hall–Kier alpha value is -0.510. The highest BCUT2D eigenvalue weighted by Crippen LogP contribution is 2.31. The number of benzene rings is 1. The first-order chi connectivity index (χ1) is 9.13. The summed E-state index contributed by atoms with van der Waals surface area (Å²) in [5.74, 6) is -0.542. The second-order valence-corrected chi connectivity index (χ2v) is 6.27. The lowest BCUT2D eigenvalue weighted by atomic mass is 9.97. The fourth-order valence-corrected chi connectivity index (χ4v) is 3.72. The Kier molecular flexibility index (Phi) is 3.88. The van der Waals surface area contributed by atoms with E-state index < -0.39 is 5.82 Å². The average molecular weight is 303 g/mol. The molecule has 5 heteroatoms. The number of piperidine rings is 1. The van der Waals surface area contributed by atoms with Crippen molar-refractivity contribution in [3.05, 3.63) is 28.0 Å². The van der Waals surface area contributed by atoms with Gasteiger partial charge in [-0.15, -0.1) is 0 Å². The molecule has 0 radical (unpaired) electrons. The van der Waals surface area contributed by atoms with Crippen LogP contribution < -0.4 is 5.32 Å². The molecular weight excluding hydrogens is 286 g/mol. The fourth-order valence-electron chi connectivity index (χ4n) is 3.23. The first-order valence-electron chi connectivity index (χ1n) is 6.78. The third-order valence-corrected chi connectivity index (χ3v) is 4.73. The normalized spacial score (nSPS) is 27.3. The standard InChI is InChI=1S/C14H17Cl2FN2/c15-12-7-10(8-13(16)14(12)17)18-9-3-5-19-4-1-2-11(19)6-9/h7-9,11,18H,1-6H2. The first kappa shape index (κ1) is 13.5. The van der Waals surface area contributed by atoms with Crippen molar-refractivity contribution in [3.8, 4) is 0 Å². The molecule has 2 fully saturated rings. The van der Waals surface area contributed by atoms with E-state index in [-0.39, 0.29) is 10.0 Å². The van der Waals surface area contributed by atoms with Crippen LogP contribution in [-0.2, 0) is 0 Å². The molecule has 0 aromatic heterocycles. The summed E-state index contributed by atoms with van der Waals surface area (Å²) in [7, 11) is 0. The van der Waals surface area contributed by atoms with E-state index in [0.717, 1.165) is 25.1 Å². The molecule has 0 bridgehead atoms. The zero-order valence-corrected chi connectivity index (χ0v) is 12.1.